The number of halogens is 1. The van der Waals surface area contributed by atoms with E-state index in [1.165, 1.54) is 11.1 Å². The van der Waals surface area contributed by atoms with Gasteiger partial charge in [0.2, 0.25) is 0 Å². The fraction of sp³-hybridized carbons (Fsp3) is 0.538. The Hall–Kier alpha value is -0.490. The number of hydrogen-bond donors (Lipinski definition) is 0. The molecule has 0 spiro atoms. The van der Waals surface area contributed by atoms with E-state index in [1.807, 2.05) is 0 Å². The third-order valence-corrected chi connectivity index (χ3v) is 3.70. The molecule has 14 heavy (non-hydrogen) atoms. The summed E-state index contributed by atoms with van der Waals surface area (Å²) < 4.78 is 0. The molecule has 0 saturated carbocycles. The van der Waals surface area contributed by atoms with Crippen LogP contribution in [0.15, 0.2) is 24.3 Å². The molecule has 78 valence electrons. The second-order valence-electron chi connectivity index (χ2n) is 4.40. The molecular weight excluding hydrogens is 192 g/mol. The highest BCUT2D eigenvalue weighted by Gasteiger charge is 2.21. The van der Waals surface area contributed by atoms with E-state index in [0.717, 1.165) is 18.7 Å². The highest BCUT2D eigenvalue weighted by atomic mass is 35.5. The van der Waals surface area contributed by atoms with E-state index in [4.69, 9.17) is 11.6 Å². The van der Waals surface area contributed by atoms with Gasteiger partial charge in [0.25, 0.3) is 0 Å². The standard InChI is InChI=1S/C13H19Cl/c1-4-13(3,10-14)9-12-8-6-5-7-11(12)2/h5-8H,4,9-10H2,1-3H3. The Morgan fingerprint density at radius 2 is 1.93 bits per heavy atom. The Morgan fingerprint density at radius 3 is 2.43 bits per heavy atom. The van der Waals surface area contributed by atoms with Crippen molar-refractivity contribution in [3.63, 3.8) is 0 Å². The summed E-state index contributed by atoms with van der Waals surface area (Å²) in [6, 6.07) is 8.56. The lowest BCUT2D eigenvalue weighted by Crippen LogP contribution is -2.20. The van der Waals surface area contributed by atoms with Crippen LogP contribution in [0.2, 0.25) is 0 Å². The molecule has 0 aliphatic carbocycles. The lowest BCUT2D eigenvalue weighted by Gasteiger charge is -2.26. The fourth-order valence-corrected chi connectivity index (χ4v) is 1.82. The molecule has 0 heterocycles. The molecule has 1 aromatic carbocycles. The van der Waals surface area contributed by atoms with Crippen LogP contribution in [0.4, 0.5) is 0 Å². The predicted molar refractivity (Wildman–Crippen MR) is 64.0 cm³/mol. The van der Waals surface area contributed by atoms with E-state index < -0.39 is 0 Å². The maximum absolute atomic E-state index is 6.01. The summed E-state index contributed by atoms with van der Waals surface area (Å²) in [6.45, 7) is 6.63. The van der Waals surface area contributed by atoms with Crippen molar-refractivity contribution in [3.05, 3.63) is 35.4 Å². The molecule has 0 N–H and O–H groups in total. The maximum Gasteiger partial charge on any atom is 0.0280 e. The van der Waals surface area contributed by atoms with Crippen LogP contribution in [0.3, 0.4) is 0 Å². The van der Waals surface area contributed by atoms with Crippen LogP contribution in [0.5, 0.6) is 0 Å². The van der Waals surface area contributed by atoms with Crippen LogP contribution in [0.1, 0.15) is 31.4 Å². The number of aryl methyl sites for hydroxylation is 1. The first kappa shape index (κ1) is 11.6. The Morgan fingerprint density at radius 1 is 1.29 bits per heavy atom. The molecule has 0 aliphatic heterocycles. The Kier molecular flexibility index (Phi) is 4.00. The van der Waals surface area contributed by atoms with Crippen molar-refractivity contribution >= 4 is 11.6 Å². The molecule has 1 unspecified atom stereocenters. The van der Waals surface area contributed by atoms with E-state index in [0.29, 0.717) is 0 Å². The summed E-state index contributed by atoms with van der Waals surface area (Å²) in [5.41, 5.74) is 3.04. The van der Waals surface area contributed by atoms with Crippen LogP contribution in [0.25, 0.3) is 0 Å². The van der Waals surface area contributed by atoms with Gasteiger partial charge in [-0.25, -0.2) is 0 Å². The lowest BCUT2D eigenvalue weighted by molar-refractivity contribution is 0.355. The molecule has 0 saturated heterocycles. The fourth-order valence-electron chi connectivity index (χ4n) is 1.53. The van der Waals surface area contributed by atoms with Crippen molar-refractivity contribution in [1.82, 2.24) is 0 Å². The van der Waals surface area contributed by atoms with Crippen LogP contribution in [0, 0.1) is 12.3 Å². The van der Waals surface area contributed by atoms with Crippen LogP contribution >= 0.6 is 11.6 Å². The van der Waals surface area contributed by atoms with Crippen molar-refractivity contribution in [2.24, 2.45) is 5.41 Å². The van der Waals surface area contributed by atoms with Gasteiger partial charge in [0.15, 0.2) is 0 Å². The average molecular weight is 211 g/mol. The molecule has 1 aromatic rings. The van der Waals surface area contributed by atoms with E-state index in [9.17, 15) is 0 Å². The van der Waals surface area contributed by atoms with Gasteiger partial charge in [0, 0.05) is 5.88 Å². The molecule has 0 aromatic heterocycles. The zero-order valence-electron chi connectivity index (χ0n) is 9.31. The SMILES string of the molecule is CCC(C)(CCl)Cc1ccccc1C. The second-order valence-corrected chi connectivity index (χ2v) is 4.67. The van der Waals surface area contributed by atoms with E-state index in [1.54, 1.807) is 0 Å². The van der Waals surface area contributed by atoms with E-state index in [2.05, 4.69) is 45.0 Å². The molecule has 0 bridgehead atoms. The van der Waals surface area contributed by atoms with Crippen molar-refractivity contribution in [3.8, 4) is 0 Å². The van der Waals surface area contributed by atoms with E-state index in [-0.39, 0.29) is 5.41 Å². The number of rotatable bonds is 4. The van der Waals surface area contributed by atoms with Gasteiger partial charge in [-0.1, -0.05) is 38.1 Å². The van der Waals surface area contributed by atoms with Gasteiger partial charge in [-0.2, -0.15) is 0 Å². The van der Waals surface area contributed by atoms with Gasteiger partial charge in [0.05, 0.1) is 0 Å². The van der Waals surface area contributed by atoms with Gasteiger partial charge in [-0.15, -0.1) is 11.6 Å². The highest BCUT2D eigenvalue weighted by Crippen LogP contribution is 2.28. The Bertz CT molecular complexity index is 287. The van der Waals surface area contributed by atoms with Crippen LogP contribution < -0.4 is 0 Å². The monoisotopic (exact) mass is 210 g/mol. The minimum atomic E-state index is 0.244. The van der Waals surface area contributed by atoms with Crippen molar-refractivity contribution < 1.29 is 0 Å². The minimum Gasteiger partial charge on any atom is -0.126 e. The van der Waals surface area contributed by atoms with Gasteiger partial charge in [-0.05, 0) is 36.3 Å². The average Bonchev–Trinajstić information content (AvgIpc) is 2.21. The third-order valence-electron chi connectivity index (χ3n) is 3.05. The lowest BCUT2D eigenvalue weighted by atomic mass is 9.82. The van der Waals surface area contributed by atoms with Gasteiger partial charge in [0.1, 0.15) is 0 Å². The third kappa shape index (κ3) is 2.75. The summed E-state index contributed by atoms with van der Waals surface area (Å²) in [4.78, 5) is 0. The van der Waals surface area contributed by atoms with Gasteiger partial charge in [-0.3, -0.25) is 0 Å². The first-order valence-corrected chi connectivity index (χ1v) is 5.75. The topological polar surface area (TPSA) is 0 Å². The van der Waals surface area contributed by atoms with Crippen molar-refractivity contribution in [1.29, 1.82) is 0 Å². The second kappa shape index (κ2) is 4.84. The largest absolute Gasteiger partial charge is 0.126 e. The number of hydrogen-bond acceptors (Lipinski definition) is 0. The molecule has 0 amide bonds. The zero-order chi connectivity index (χ0) is 10.6. The molecule has 0 aliphatic rings. The zero-order valence-corrected chi connectivity index (χ0v) is 10.1. The molecule has 0 radical (unpaired) electrons. The summed E-state index contributed by atoms with van der Waals surface area (Å²) in [5, 5.41) is 0. The van der Waals surface area contributed by atoms with Crippen LogP contribution in [-0.2, 0) is 6.42 Å². The molecule has 1 heteroatoms. The van der Waals surface area contributed by atoms with Crippen molar-refractivity contribution in [2.45, 2.75) is 33.6 Å². The molecular formula is C13H19Cl. The maximum atomic E-state index is 6.01. The van der Waals surface area contributed by atoms with Gasteiger partial charge < -0.3 is 0 Å². The molecule has 0 nitrogen and oxygen atoms in total. The van der Waals surface area contributed by atoms with Crippen LogP contribution in [-0.4, -0.2) is 5.88 Å². The summed E-state index contributed by atoms with van der Waals surface area (Å²) in [7, 11) is 0. The van der Waals surface area contributed by atoms with Gasteiger partial charge >= 0.3 is 0 Å². The first-order valence-electron chi connectivity index (χ1n) is 5.22. The summed E-state index contributed by atoms with van der Waals surface area (Å²) >= 11 is 6.01. The Balaban J connectivity index is 2.82. The molecule has 1 rings (SSSR count). The number of alkyl halides is 1. The highest BCUT2D eigenvalue weighted by molar-refractivity contribution is 6.18. The quantitative estimate of drug-likeness (QED) is 0.654. The normalized spacial score (nSPS) is 15.1. The first-order chi connectivity index (χ1) is 6.61. The van der Waals surface area contributed by atoms with E-state index >= 15 is 0 Å². The predicted octanol–water partition coefficient (Wildman–Crippen LogP) is 4.19. The summed E-state index contributed by atoms with van der Waals surface area (Å²) in [5.74, 6) is 0.734. The molecule has 0 fully saturated rings. The molecule has 1 atom stereocenters. The smallest absolute Gasteiger partial charge is 0.0280 e. The van der Waals surface area contributed by atoms with Crippen molar-refractivity contribution in [2.75, 3.05) is 5.88 Å². The number of benzene rings is 1. The minimum absolute atomic E-state index is 0.244. The Labute approximate surface area is 92.3 Å². The summed E-state index contributed by atoms with van der Waals surface area (Å²) in [6.07, 6.45) is 2.21.